The van der Waals surface area contributed by atoms with E-state index in [4.69, 9.17) is 16.3 Å². The predicted molar refractivity (Wildman–Crippen MR) is 129 cm³/mol. The summed E-state index contributed by atoms with van der Waals surface area (Å²) in [6.45, 7) is 0. The summed E-state index contributed by atoms with van der Waals surface area (Å²) in [4.78, 5) is 30.7. The number of benzene rings is 3. The molecule has 0 saturated carbocycles. The second-order valence-corrected chi connectivity index (χ2v) is 9.26. The lowest BCUT2D eigenvalue weighted by Crippen LogP contribution is -2.23. The minimum atomic E-state index is -0.374. The van der Waals surface area contributed by atoms with Crippen LogP contribution in [-0.2, 0) is 17.6 Å². The van der Waals surface area contributed by atoms with Gasteiger partial charge < -0.3 is 4.74 Å². The van der Waals surface area contributed by atoms with Crippen LogP contribution in [0.3, 0.4) is 0 Å². The van der Waals surface area contributed by atoms with Gasteiger partial charge in [0.1, 0.15) is 6.10 Å². The molecule has 0 fully saturated rings. The molecule has 0 radical (unpaired) electrons. The van der Waals surface area contributed by atoms with Crippen molar-refractivity contribution in [3.8, 4) is 0 Å². The number of anilines is 1. The van der Waals surface area contributed by atoms with Crippen LogP contribution in [0.4, 0.5) is 5.13 Å². The van der Waals surface area contributed by atoms with Gasteiger partial charge in [-0.05, 0) is 41.0 Å². The molecule has 5 rings (SSSR count). The maximum atomic E-state index is 12.9. The summed E-state index contributed by atoms with van der Waals surface area (Å²) >= 11 is 7.65. The number of carbonyl (C=O) groups is 2. The molecule has 164 valence electrons. The first-order valence-corrected chi connectivity index (χ1v) is 11.6. The summed E-state index contributed by atoms with van der Waals surface area (Å²) in [7, 11) is 0. The first kappa shape index (κ1) is 21.4. The second kappa shape index (κ2) is 9.17. The Balaban J connectivity index is 1.31. The number of thiazole rings is 1. The first-order valence-electron chi connectivity index (χ1n) is 10.4. The van der Waals surface area contributed by atoms with Crippen LogP contribution in [0.15, 0.2) is 79.0 Å². The number of esters is 1. The van der Waals surface area contributed by atoms with Crippen molar-refractivity contribution < 1.29 is 14.3 Å². The Kier molecular flexibility index (Phi) is 5.94. The van der Waals surface area contributed by atoms with Crippen molar-refractivity contribution >= 4 is 39.9 Å². The predicted octanol–water partition coefficient (Wildman–Crippen LogP) is 6.09. The maximum Gasteiger partial charge on any atom is 0.339 e. The number of rotatable bonds is 5. The Bertz CT molecular complexity index is 1340. The fourth-order valence-corrected chi connectivity index (χ4v) is 4.87. The maximum absolute atomic E-state index is 12.9. The number of amides is 1. The number of hydrogen-bond donors (Lipinski definition) is 1. The van der Waals surface area contributed by atoms with Crippen molar-refractivity contribution in [2.75, 3.05) is 5.32 Å². The smallest absolute Gasteiger partial charge is 0.339 e. The number of hydrogen-bond acceptors (Lipinski definition) is 5. The molecule has 1 aliphatic heterocycles. The molecule has 33 heavy (non-hydrogen) atoms. The lowest BCUT2D eigenvalue weighted by molar-refractivity contribution is 0.0252. The highest BCUT2D eigenvalue weighted by atomic mass is 35.5. The van der Waals surface area contributed by atoms with E-state index in [1.165, 1.54) is 11.3 Å². The molecule has 1 aromatic heterocycles. The van der Waals surface area contributed by atoms with Gasteiger partial charge in [-0.2, -0.15) is 0 Å². The number of carbonyl (C=O) groups excluding carboxylic acids is 2. The van der Waals surface area contributed by atoms with E-state index in [0.29, 0.717) is 34.1 Å². The number of nitrogens with one attached hydrogen (secondary N) is 1. The highest BCUT2D eigenvalue weighted by Crippen LogP contribution is 2.31. The first-order chi connectivity index (χ1) is 16.1. The number of aromatic nitrogens is 1. The van der Waals surface area contributed by atoms with Gasteiger partial charge in [0, 0.05) is 34.5 Å². The van der Waals surface area contributed by atoms with E-state index in [1.807, 2.05) is 54.6 Å². The van der Waals surface area contributed by atoms with Gasteiger partial charge in [-0.3, -0.25) is 10.1 Å². The average Bonchev–Trinajstić information content (AvgIpc) is 3.27. The largest absolute Gasteiger partial charge is 0.454 e. The summed E-state index contributed by atoms with van der Waals surface area (Å²) in [5.74, 6) is -0.646. The van der Waals surface area contributed by atoms with Crippen molar-refractivity contribution in [1.82, 2.24) is 4.98 Å². The topological polar surface area (TPSA) is 68.3 Å². The van der Waals surface area contributed by atoms with Crippen molar-refractivity contribution in [1.29, 1.82) is 0 Å². The van der Waals surface area contributed by atoms with Gasteiger partial charge in [0.05, 0.1) is 5.56 Å². The van der Waals surface area contributed by atoms with Crippen LogP contribution < -0.4 is 5.32 Å². The van der Waals surface area contributed by atoms with Crippen molar-refractivity contribution in [2.45, 2.75) is 18.9 Å². The fraction of sp³-hybridized carbons (Fsp3) is 0.115. The van der Waals surface area contributed by atoms with Crippen LogP contribution in [0.5, 0.6) is 0 Å². The van der Waals surface area contributed by atoms with Gasteiger partial charge in [-0.15, -0.1) is 11.3 Å². The van der Waals surface area contributed by atoms with E-state index in [0.717, 1.165) is 21.6 Å². The molecule has 5 nitrogen and oxygen atoms in total. The van der Waals surface area contributed by atoms with Crippen molar-refractivity contribution in [3.05, 3.63) is 117 Å². The molecule has 0 aliphatic carbocycles. The average molecular weight is 475 g/mol. The van der Waals surface area contributed by atoms with Gasteiger partial charge in [0.25, 0.3) is 5.91 Å². The Labute approximate surface area is 200 Å². The quantitative estimate of drug-likeness (QED) is 0.355. The molecule has 0 saturated heterocycles. The molecule has 3 aromatic carbocycles. The van der Waals surface area contributed by atoms with E-state index in [1.54, 1.807) is 24.4 Å². The van der Waals surface area contributed by atoms with E-state index < -0.39 is 0 Å². The molecule has 1 atom stereocenters. The lowest BCUT2D eigenvalue weighted by Gasteiger charge is -2.25. The standard InChI is InChI=1S/C26H19ClN2O3S/c27-22-9-5-4-8-17(22)13-20-15-28-26(33-20)29-24(30)18-10-11-21-19(12-18)14-23(32-25(21)31)16-6-2-1-3-7-16/h1-12,15,23H,13-14H2,(H,28,29,30). The van der Waals surface area contributed by atoms with E-state index in [9.17, 15) is 9.59 Å². The second-order valence-electron chi connectivity index (χ2n) is 7.73. The Morgan fingerprint density at radius 3 is 2.70 bits per heavy atom. The van der Waals surface area contributed by atoms with E-state index in [2.05, 4.69) is 10.3 Å². The van der Waals surface area contributed by atoms with E-state index >= 15 is 0 Å². The molecule has 7 heteroatoms. The van der Waals surface area contributed by atoms with Gasteiger partial charge in [-0.25, -0.2) is 9.78 Å². The third-order valence-corrected chi connectivity index (χ3v) is 6.79. The third kappa shape index (κ3) is 4.67. The van der Waals surface area contributed by atoms with Crippen LogP contribution in [0.25, 0.3) is 0 Å². The molecular formula is C26H19ClN2O3S. The summed E-state index contributed by atoms with van der Waals surface area (Å²) in [5.41, 5.74) is 3.70. The molecular weight excluding hydrogens is 456 g/mol. The van der Waals surface area contributed by atoms with Gasteiger partial charge in [-0.1, -0.05) is 60.1 Å². The SMILES string of the molecule is O=C(Nc1ncc(Cc2ccccc2Cl)s1)c1ccc2c(c1)CC(c1ccccc1)OC2=O. The van der Waals surface area contributed by atoms with Crippen LogP contribution in [0, 0.1) is 0 Å². The van der Waals surface area contributed by atoms with Gasteiger partial charge in [0.2, 0.25) is 0 Å². The fourth-order valence-electron chi connectivity index (χ4n) is 3.84. The molecule has 2 heterocycles. The highest BCUT2D eigenvalue weighted by molar-refractivity contribution is 7.15. The number of cyclic esters (lactones) is 1. The highest BCUT2D eigenvalue weighted by Gasteiger charge is 2.28. The molecule has 1 unspecified atom stereocenters. The summed E-state index contributed by atoms with van der Waals surface area (Å²) in [6.07, 6.45) is 2.55. The minimum Gasteiger partial charge on any atom is -0.454 e. The zero-order valence-corrected chi connectivity index (χ0v) is 19.0. The number of fused-ring (bicyclic) bond motifs is 1. The molecule has 0 bridgehead atoms. The normalized spacial score (nSPS) is 14.9. The molecule has 1 aliphatic rings. The summed E-state index contributed by atoms with van der Waals surface area (Å²) in [5, 5.41) is 4.08. The van der Waals surface area contributed by atoms with Crippen molar-refractivity contribution in [2.24, 2.45) is 0 Å². The van der Waals surface area contributed by atoms with Crippen LogP contribution in [0.1, 0.15) is 48.4 Å². The van der Waals surface area contributed by atoms with Gasteiger partial charge in [0.15, 0.2) is 5.13 Å². The van der Waals surface area contributed by atoms with Crippen LogP contribution in [-0.4, -0.2) is 16.9 Å². The summed E-state index contributed by atoms with van der Waals surface area (Å²) in [6, 6.07) is 22.3. The number of halogens is 1. The number of ether oxygens (including phenoxy) is 1. The van der Waals surface area contributed by atoms with Crippen LogP contribution in [0.2, 0.25) is 5.02 Å². The number of nitrogens with zero attached hydrogens (tertiary/aromatic N) is 1. The van der Waals surface area contributed by atoms with E-state index in [-0.39, 0.29) is 18.0 Å². The monoisotopic (exact) mass is 474 g/mol. The lowest BCUT2D eigenvalue weighted by atomic mass is 9.93. The van der Waals surface area contributed by atoms with Gasteiger partial charge >= 0.3 is 5.97 Å². The third-order valence-electron chi connectivity index (χ3n) is 5.51. The molecule has 1 N–H and O–H groups in total. The molecule has 4 aromatic rings. The molecule has 1 amide bonds. The zero-order valence-electron chi connectivity index (χ0n) is 17.5. The Morgan fingerprint density at radius 1 is 1.09 bits per heavy atom. The zero-order chi connectivity index (χ0) is 22.8. The Hall–Kier alpha value is -3.48. The summed E-state index contributed by atoms with van der Waals surface area (Å²) < 4.78 is 5.60. The minimum absolute atomic E-state index is 0.272. The Morgan fingerprint density at radius 2 is 1.88 bits per heavy atom. The molecule has 0 spiro atoms. The van der Waals surface area contributed by atoms with Crippen LogP contribution >= 0.6 is 22.9 Å². The van der Waals surface area contributed by atoms with Crippen molar-refractivity contribution in [3.63, 3.8) is 0 Å².